The van der Waals surface area contributed by atoms with Gasteiger partial charge in [-0.3, -0.25) is 4.79 Å². The van der Waals surface area contributed by atoms with Gasteiger partial charge in [0, 0.05) is 23.0 Å². The number of carboxylic acids is 1. The Hall–Kier alpha value is -1.81. The predicted molar refractivity (Wildman–Crippen MR) is 79.8 cm³/mol. The van der Waals surface area contributed by atoms with Crippen LogP contribution in [0.3, 0.4) is 0 Å². The molecule has 0 fully saturated rings. The van der Waals surface area contributed by atoms with Gasteiger partial charge in [0.05, 0.1) is 5.52 Å². The minimum absolute atomic E-state index is 0.0290. The molecule has 106 valence electrons. The summed E-state index contributed by atoms with van der Waals surface area (Å²) in [7, 11) is 0. The van der Waals surface area contributed by atoms with E-state index in [9.17, 15) is 14.7 Å². The number of fused-ring (bicyclic) bond motifs is 1. The summed E-state index contributed by atoms with van der Waals surface area (Å²) in [6.45, 7) is 4.44. The Bertz CT molecular complexity index is 734. The lowest BCUT2D eigenvalue weighted by atomic mass is 10.1. The summed E-state index contributed by atoms with van der Waals surface area (Å²) in [5.41, 5.74) is 1.19. The molecule has 1 heterocycles. The van der Waals surface area contributed by atoms with Gasteiger partial charge in [0.25, 0.3) is 0 Å². The Labute approximate surface area is 121 Å². The molecule has 0 saturated carbocycles. The normalized spacial score (nSPS) is 10.9. The molecule has 1 aromatic heterocycles. The number of unbranched alkanes of at least 4 members (excludes halogenated alkanes) is 1. The Kier molecular flexibility index (Phi) is 4.14. The largest absolute Gasteiger partial charge is 0.477 e. The van der Waals surface area contributed by atoms with Crippen LogP contribution >= 0.6 is 11.6 Å². The number of hydrogen-bond acceptors (Lipinski definition) is 2. The van der Waals surface area contributed by atoms with Crippen molar-refractivity contribution in [1.82, 2.24) is 4.57 Å². The molecule has 1 N–H and O–H groups in total. The van der Waals surface area contributed by atoms with Crippen molar-refractivity contribution >= 4 is 28.5 Å². The molecule has 20 heavy (non-hydrogen) atoms. The summed E-state index contributed by atoms with van der Waals surface area (Å²) in [5.74, 6) is -1.09. The molecule has 0 unspecified atom stereocenters. The van der Waals surface area contributed by atoms with Crippen LogP contribution in [0.4, 0.5) is 0 Å². The first-order valence-corrected chi connectivity index (χ1v) is 6.90. The molecule has 0 radical (unpaired) electrons. The summed E-state index contributed by atoms with van der Waals surface area (Å²) in [4.78, 5) is 23.5. The number of carbonyl (C=O) groups is 1. The highest BCUT2D eigenvalue weighted by Gasteiger charge is 2.16. The molecular formula is C15H16ClNO3. The van der Waals surface area contributed by atoms with Crippen LogP contribution in [0.15, 0.2) is 23.0 Å². The second-order valence-electron chi connectivity index (χ2n) is 4.82. The predicted octanol–water partition coefficient (Wildman–Crippen LogP) is 3.46. The third-order valence-electron chi connectivity index (χ3n) is 3.31. The molecule has 0 spiro atoms. The fourth-order valence-corrected chi connectivity index (χ4v) is 2.68. The quantitative estimate of drug-likeness (QED) is 0.939. The van der Waals surface area contributed by atoms with E-state index in [1.165, 1.54) is 6.07 Å². The lowest BCUT2D eigenvalue weighted by Gasteiger charge is -2.16. The van der Waals surface area contributed by atoms with Crippen molar-refractivity contribution in [2.24, 2.45) is 0 Å². The van der Waals surface area contributed by atoms with Crippen LogP contribution in [0.5, 0.6) is 0 Å². The maximum atomic E-state index is 12.1. The fourth-order valence-electron chi connectivity index (χ4n) is 2.41. The number of carboxylic acid groups (broad SMARTS) is 1. The van der Waals surface area contributed by atoms with Crippen molar-refractivity contribution in [2.75, 3.05) is 0 Å². The van der Waals surface area contributed by atoms with E-state index in [4.69, 9.17) is 11.6 Å². The standard InChI is InChI=1S/C15H16ClNO3/c1-3-4-5-17-12(15(19)20)8-13(18)11-7-10(16)6-9(2)14(11)17/h6-8H,3-5H2,1-2H3,(H,19,20). The number of aromatic carboxylic acids is 1. The number of rotatable bonds is 4. The number of aryl methyl sites for hydroxylation is 2. The van der Waals surface area contributed by atoms with Crippen molar-refractivity contribution in [2.45, 2.75) is 33.2 Å². The van der Waals surface area contributed by atoms with E-state index in [-0.39, 0.29) is 11.1 Å². The van der Waals surface area contributed by atoms with Gasteiger partial charge < -0.3 is 9.67 Å². The summed E-state index contributed by atoms with van der Waals surface area (Å²) < 4.78 is 1.70. The van der Waals surface area contributed by atoms with Crippen LogP contribution in [0.1, 0.15) is 35.8 Å². The highest BCUT2D eigenvalue weighted by molar-refractivity contribution is 6.31. The molecule has 2 aromatic rings. The summed E-state index contributed by atoms with van der Waals surface area (Å²) in [5, 5.41) is 10.3. The fraction of sp³-hybridized carbons (Fsp3) is 0.333. The van der Waals surface area contributed by atoms with Crippen LogP contribution in [-0.2, 0) is 6.54 Å². The Morgan fingerprint density at radius 3 is 2.65 bits per heavy atom. The zero-order valence-electron chi connectivity index (χ0n) is 11.4. The SMILES string of the molecule is CCCCn1c(C(=O)O)cc(=O)c2cc(Cl)cc(C)c21. The van der Waals surface area contributed by atoms with E-state index in [2.05, 4.69) is 0 Å². The highest BCUT2D eigenvalue weighted by atomic mass is 35.5. The van der Waals surface area contributed by atoms with E-state index in [0.717, 1.165) is 18.4 Å². The number of nitrogens with zero attached hydrogens (tertiary/aromatic N) is 1. The van der Waals surface area contributed by atoms with Crippen LogP contribution in [-0.4, -0.2) is 15.6 Å². The average molecular weight is 294 g/mol. The molecule has 5 heteroatoms. The molecule has 0 bridgehead atoms. The maximum absolute atomic E-state index is 12.1. The van der Waals surface area contributed by atoms with Gasteiger partial charge in [-0.2, -0.15) is 0 Å². The smallest absolute Gasteiger partial charge is 0.352 e. The van der Waals surface area contributed by atoms with Crippen molar-refractivity contribution in [3.05, 3.63) is 44.7 Å². The van der Waals surface area contributed by atoms with Crippen LogP contribution in [0.2, 0.25) is 5.02 Å². The van der Waals surface area contributed by atoms with Gasteiger partial charge in [-0.05, 0) is 31.0 Å². The second-order valence-corrected chi connectivity index (χ2v) is 5.26. The summed E-state index contributed by atoms with van der Waals surface area (Å²) >= 11 is 5.99. The second kappa shape index (κ2) is 5.67. The van der Waals surface area contributed by atoms with E-state index >= 15 is 0 Å². The topological polar surface area (TPSA) is 59.3 Å². The number of pyridine rings is 1. The van der Waals surface area contributed by atoms with Gasteiger partial charge in [-0.15, -0.1) is 0 Å². The lowest BCUT2D eigenvalue weighted by molar-refractivity contribution is 0.0684. The molecule has 0 aliphatic carbocycles. The zero-order valence-corrected chi connectivity index (χ0v) is 12.2. The third kappa shape index (κ3) is 2.56. The molecule has 2 rings (SSSR count). The third-order valence-corrected chi connectivity index (χ3v) is 3.53. The molecule has 1 aromatic carbocycles. The van der Waals surface area contributed by atoms with Crippen LogP contribution in [0.25, 0.3) is 10.9 Å². The molecule has 0 amide bonds. The number of aromatic nitrogens is 1. The van der Waals surface area contributed by atoms with E-state index in [0.29, 0.717) is 22.5 Å². The van der Waals surface area contributed by atoms with Crippen molar-refractivity contribution in [1.29, 1.82) is 0 Å². The van der Waals surface area contributed by atoms with E-state index in [1.54, 1.807) is 16.7 Å². The monoisotopic (exact) mass is 293 g/mol. The Balaban J connectivity index is 2.88. The average Bonchev–Trinajstić information content (AvgIpc) is 2.37. The summed E-state index contributed by atoms with van der Waals surface area (Å²) in [6.07, 6.45) is 1.79. The van der Waals surface area contributed by atoms with Gasteiger partial charge in [0.2, 0.25) is 0 Å². The molecule has 0 aliphatic rings. The van der Waals surface area contributed by atoms with Gasteiger partial charge in [0.15, 0.2) is 5.43 Å². The van der Waals surface area contributed by atoms with Crippen molar-refractivity contribution in [3.8, 4) is 0 Å². The number of halogens is 1. The lowest BCUT2D eigenvalue weighted by Crippen LogP contribution is -2.19. The van der Waals surface area contributed by atoms with Crippen LogP contribution < -0.4 is 5.43 Å². The minimum atomic E-state index is -1.09. The molecule has 4 nitrogen and oxygen atoms in total. The Morgan fingerprint density at radius 2 is 2.05 bits per heavy atom. The van der Waals surface area contributed by atoms with Gasteiger partial charge in [-0.1, -0.05) is 24.9 Å². The van der Waals surface area contributed by atoms with Crippen LogP contribution in [0, 0.1) is 6.92 Å². The van der Waals surface area contributed by atoms with Crippen molar-refractivity contribution < 1.29 is 9.90 Å². The zero-order chi connectivity index (χ0) is 14.9. The number of hydrogen-bond donors (Lipinski definition) is 1. The summed E-state index contributed by atoms with van der Waals surface area (Å²) in [6, 6.07) is 4.52. The van der Waals surface area contributed by atoms with Gasteiger partial charge in [0.1, 0.15) is 5.69 Å². The maximum Gasteiger partial charge on any atom is 0.352 e. The first kappa shape index (κ1) is 14.6. The highest BCUT2D eigenvalue weighted by Crippen LogP contribution is 2.23. The minimum Gasteiger partial charge on any atom is -0.477 e. The van der Waals surface area contributed by atoms with E-state index < -0.39 is 5.97 Å². The Morgan fingerprint density at radius 1 is 1.35 bits per heavy atom. The first-order chi connectivity index (χ1) is 9.45. The molecular weight excluding hydrogens is 278 g/mol. The van der Waals surface area contributed by atoms with Crippen molar-refractivity contribution in [3.63, 3.8) is 0 Å². The molecule has 0 saturated heterocycles. The van der Waals surface area contributed by atoms with E-state index in [1.807, 2.05) is 13.8 Å². The molecule has 0 atom stereocenters. The number of benzene rings is 1. The van der Waals surface area contributed by atoms with Gasteiger partial charge >= 0.3 is 5.97 Å². The molecule has 0 aliphatic heterocycles. The first-order valence-electron chi connectivity index (χ1n) is 6.52. The van der Waals surface area contributed by atoms with Gasteiger partial charge in [-0.25, -0.2) is 4.79 Å².